The van der Waals surface area contributed by atoms with Crippen LogP contribution in [-0.4, -0.2) is 30.5 Å². The zero-order valence-electron chi connectivity index (χ0n) is 18.4. The predicted octanol–water partition coefficient (Wildman–Crippen LogP) is 4.59. The maximum Gasteiger partial charge on any atom is 0.343 e. The van der Waals surface area contributed by atoms with Crippen molar-refractivity contribution >= 4 is 46.4 Å². The molecule has 0 aromatic heterocycles. The lowest BCUT2D eigenvalue weighted by molar-refractivity contribution is -0.120. The first-order valence-electron chi connectivity index (χ1n) is 10.7. The molecule has 4 aromatic carbocycles. The average Bonchev–Trinajstić information content (AvgIpc) is 2.88. The van der Waals surface area contributed by atoms with E-state index in [9.17, 15) is 14.4 Å². The topological polar surface area (TPSA) is 96.9 Å². The predicted molar refractivity (Wildman–Crippen MR) is 135 cm³/mol. The van der Waals surface area contributed by atoms with Crippen molar-refractivity contribution in [2.45, 2.75) is 0 Å². The van der Waals surface area contributed by atoms with E-state index in [1.54, 1.807) is 60.7 Å². The van der Waals surface area contributed by atoms with Gasteiger partial charge in [-0.05, 0) is 53.2 Å². The Labute approximate surface area is 206 Å². The summed E-state index contributed by atoms with van der Waals surface area (Å²) in [5.41, 5.74) is 3.66. The maximum absolute atomic E-state index is 12.6. The molecule has 0 saturated heterocycles. The van der Waals surface area contributed by atoms with E-state index in [2.05, 4.69) is 15.8 Å². The van der Waals surface area contributed by atoms with Crippen LogP contribution in [0.25, 0.3) is 10.8 Å². The third kappa shape index (κ3) is 6.10. The first kappa shape index (κ1) is 23.7. The molecule has 0 spiro atoms. The number of nitrogens with zero attached hydrogens (tertiary/aromatic N) is 1. The minimum atomic E-state index is -0.553. The molecule has 0 fully saturated rings. The van der Waals surface area contributed by atoms with Crippen molar-refractivity contribution in [3.05, 3.63) is 113 Å². The second-order valence-corrected chi connectivity index (χ2v) is 7.87. The second-order valence-electron chi connectivity index (χ2n) is 7.44. The molecule has 4 rings (SSSR count). The fourth-order valence-electron chi connectivity index (χ4n) is 3.32. The van der Waals surface area contributed by atoms with Crippen molar-refractivity contribution in [3.8, 4) is 5.75 Å². The summed E-state index contributed by atoms with van der Waals surface area (Å²) in [5, 5.41) is 8.75. The molecule has 2 amide bonds. The summed E-state index contributed by atoms with van der Waals surface area (Å²) in [6.07, 6.45) is 1.36. The molecule has 4 aromatic rings. The highest BCUT2D eigenvalue weighted by Gasteiger charge is 2.12. The molecule has 174 valence electrons. The molecule has 0 aliphatic rings. The van der Waals surface area contributed by atoms with Crippen LogP contribution in [-0.2, 0) is 4.79 Å². The zero-order chi connectivity index (χ0) is 24.6. The SMILES string of the molecule is O=C(CNC(=O)c1cccc2ccccc12)NN=Cc1ccccc1OC(=O)c1ccc(Cl)cc1. The number of para-hydroxylation sites is 1. The van der Waals surface area contributed by atoms with Gasteiger partial charge in [-0.2, -0.15) is 5.10 Å². The van der Waals surface area contributed by atoms with Gasteiger partial charge < -0.3 is 10.1 Å². The molecule has 0 aliphatic heterocycles. The summed E-state index contributed by atoms with van der Waals surface area (Å²) in [6.45, 7) is -0.257. The highest BCUT2D eigenvalue weighted by Crippen LogP contribution is 2.19. The molecule has 0 bridgehead atoms. The van der Waals surface area contributed by atoms with Crippen molar-refractivity contribution in [3.63, 3.8) is 0 Å². The number of halogens is 1. The fourth-order valence-corrected chi connectivity index (χ4v) is 3.44. The smallest absolute Gasteiger partial charge is 0.343 e. The van der Waals surface area contributed by atoms with Crippen LogP contribution < -0.4 is 15.5 Å². The van der Waals surface area contributed by atoms with E-state index >= 15 is 0 Å². The van der Waals surface area contributed by atoms with Gasteiger partial charge in [0.2, 0.25) is 0 Å². The van der Waals surface area contributed by atoms with E-state index in [-0.39, 0.29) is 18.2 Å². The third-order valence-electron chi connectivity index (χ3n) is 5.04. The standard InChI is InChI=1S/C27H20ClN3O4/c28-21-14-12-19(13-15-21)27(34)35-24-11-4-2-7-20(24)16-30-31-25(32)17-29-26(33)23-10-5-8-18-6-1-3-9-22(18)23/h1-16H,17H2,(H,29,33)(H,31,32). The monoisotopic (exact) mass is 485 g/mol. The van der Waals surface area contributed by atoms with Crippen LogP contribution in [0.1, 0.15) is 26.3 Å². The molecule has 0 radical (unpaired) electrons. The van der Waals surface area contributed by atoms with Crippen molar-refractivity contribution in [2.75, 3.05) is 6.54 Å². The Morgan fingerprint density at radius 1 is 0.857 bits per heavy atom. The van der Waals surface area contributed by atoms with E-state index in [4.69, 9.17) is 16.3 Å². The Kier molecular flexibility index (Phi) is 7.50. The van der Waals surface area contributed by atoms with E-state index in [0.717, 1.165) is 10.8 Å². The molecule has 0 saturated carbocycles. The quantitative estimate of drug-likeness (QED) is 0.173. The summed E-state index contributed by atoms with van der Waals surface area (Å²) < 4.78 is 5.45. The van der Waals surface area contributed by atoms with Crippen molar-refractivity contribution in [1.82, 2.24) is 10.7 Å². The van der Waals surface area contributed by atoms with Crippen LogP contribution in [0.5, 0.6) is 5.75 Å². The number of fused-ring (bicyclic) bond motifs is 1. The summed E-state index contributed by atoms with van der Waals surface area (Å²) in [4.78, 5) is 37.1. The van der Waals surface area contributed by atoms with Gasteiger partial charge in [0.05, 0.1) is 18.3 Å². The lowest BCUT2D eigenvalue weighted by Gasteiger charge is -2.08. The Balaban J connectivity index is 1.34. The molecule has 35 heavy (non-hydrogen) atoms. The maximum atomic E-state index is 12.6. The molecular weight excluding hydrogens is 466 g/mol. The number of carbonyl (C=O) groups is 3. The Bertz CT molecular complexity index is 1410. The van der Waals surface area contributed by atoms with Crippen LogP contribution in [0, 0.1) is 0 Å². The van der Waals surface area contributed by atoms with Crippen LogP contribution >= 0.6 is 11.6 Å². The van der Waals surface area contributed by atoms with Gasteiger partial charge in [0.1, 0.15) is 5.75 Å². The number of esters is 1. The van der Waals surface area contributed by atoms with E-state index in [0.29, 0.717) is 21.7 Å². The first-order chi connectivity index (χ1) is 17.0. The molecule has 2 N–H and O–H groups in total. The highest BCUT2D eigenvalue weighted by molar-refractivity contribution is 6.30. The van der Waals surface area contributed by atoms with Gasteiger partial charge in [0.25, 0.3) is 11.8 Å². The summed E-state index contributed by atoms with van der Waals surface area (Å²) in [6, 6.07) is 26.0. The number of carbonyl (C=O) groups excluding carboxylic acids is 3. The number of hydrogen-bond acceptors (Lipinski definition) is 5. The highest BCUT2D eigenvalue weighted by atomic mass is 35.5. The van der Waals surface area contributed by atoms with Crippen LogP contribution in [0.2, 0.25) is 5.02 Å². The Morgan fingerprint density at radius 2 is 1.57 bits per heavy atom. The number of amides is 2. The number of hydrogen-bond donors (Lipinski definition) is 2. The number of nitrogens with one attached hydrogen (secondary N) is 2. The molecule has 0 aliphatic carbocycles. The normalized spacial score (nSPS) is 10.8. The van der Waals surface area contributed by atoms with Crippen LogP contribution in [0.3, 0.4) is 0 Å². The van der Waals surface area contributed by atoms with Gasteiger partial charge in [-0.1, -0.05) is 60.1 Å². The average molecular weight is 486 g/mol. The summed E-state index contributed by atoms with van der Waals surface area (Å²) >= 11 is 5.85. The minimum absolute atomic E-state index is 0.257. The first-order valence-corrected chi connectivity index (χ1v) is 11.0. The fraction of sp³-hybridized carbons (Fsp3) is 0.0370. The van der Waals surface area contributed by atoms with Gasteiger partial charge in [-0.25, -0.2) is 10.2 Å². The second kappa shape index (κ2) is 11.1. The number of ether oxygens (including phenoxy) is 1. The lowest BCUT2D eigenvalue weighted by Crippen LogP contribution is -2.35. The molecule has 0 atom stereocenters. The van der Waals surface area contributed by atoms with Gasteiger partial charge in [0.15, 0.2) is 0 Å². The number of rotatable bonds is 7. The molecule has 8 heteroatoms. The van der Waals surface area contributed by atoms with Crippen molar-refractivity contribution in [1.29, 1.82) is 0 Å². The van der Waals surface area contributed by atoms with Gasteiger partial charge in [-0.15, -0.1) is 0 Å². The van der Waals surface area contributed by atoms with E-state index in [1.807, 2.05) is 30.3 Å². The third-order valence-corrected chi connectivity index (χ3v) is 5.29. The zero-order valence-corrected chi connectivity index (χ0v) is 19.2. The minimum Gasteiger partial charge on any atom is -0.422 e. The number of benzene rings is 4. The summed E-state index contributed by atoms with van der Waals surface area (Å²) in [7, 11) is 0. The molecule has 0 unspecified atom stereocenters. The molecule has 0 heterocycles. The summed E-state index contributed by atoms with van der Waals surface area (Å²) in [5.74, 6) is -1.15. The molecule has 7 nitrogen and oxygen atoms in total. The molecular formula is C27H20ClN3O4. The van der Waals surface area contributed by atoms with Crippen molar-refractivity contribution < 1.29 is 19.1 Å². The lowest BCUT2D eigenvalue weighted by atomic mass is 10.0. The van der Waals surface area contributed by atoms with Crippen LogP contribution in [0.4, 0.5) is 0 Å². The largest absolute Gasteiger partial charge is 0.422 e. The van der Waals surface area contributed by atoms with Crippen molar-refractivity contribution in [2.24, 2.45) is 5.10 Å². The van der Waals surface area contributed by atoms with Crippen LogP contribution in [0.15, 0.2) is 96.1 Å². The van der Waals surface area contributed by atoms with Gasteiger partial charge in [0, 0.05) is 16.1 Å². The van der Waals surface area contributed by atoms with E-state index < -0.39 is 11.9 Å². The van der Waals surface area contributed by atoms with E-state index in [1.165, 1.54) is 6.21 Å². The Hall–Kier alpha value is -4.49. The van der Waals surface area contributed by atoms with Gasteiger partial charge >= 0.3 is 5.97 Å². The Morgan fingerprint density at radius 3 is 2.40 bits per heavy atom. The van der Waals surface area contributed by atoms with Gasteiger partial charge in [-0.3, -0.25) is 9.59 Å². The number of hydrazone groups is 1.